The standard InChI is InChI=1S/C14H18BrNO2S/c1-12-5-7-13(8-6-12)19(17,18)16-11-14(2,3)9-4-10-15/h5-10,16H,11H2,1-3H3. The Morgan fingerprint density at radius 1 is 1.32 bits per heavy atom. The van der Waals surface area contributed by atoms with Crippen LogP contribution in [0.2, 0.25) is 0 Å². The second-order valence-corrected chi connectivity index (χ2v) is 7.27. The van der Waals surface area contributed by atoms with Crippen LogP contribution >= 0.6 is 15.9 Å². The molecule has 0 amide bonds. The zero-order valence-electron chi connectivity index (χ0n) is 11.3. The van der Waals surface area contributed by atoms with Crippen molar-refractivity contribution in [3.63, 3.8) is 0 Å². The summed E-state index contributed by atoms with van der Waals surface area (Å²) in [5, 5.41) is 0. The third-order valence-corrected chi connectivity index (χ3v) is 4.27. The molecular weight excluding hydrogens is 326 g/mol. The summed E-state index contributed by atoms with van der Waals surface area (Å²) < 4.78 is 26.8. The van der Waals surface area contributed by atoms with Gasteiger partial charge in [-0.2, -0.15) is 0 Å². The normalized spacial score (nSPS) is 11.8. The monoisotopic (exact) mass is 343 g/mol. The van der Waals surface area contributed by atoms with Crippen LogP contribution in [-0.4, -0.2) is 15.0 Å². The molecule has 0 unspecified atom stereocenters. The zero-order chi connectivity index (χ0) is 14.5. The molecule has 0 aliphatic heterocycles. The number of aryl methyl sites for hydroxylation is 1. The number of rotatable bonds is 5. The first kappa shape index (κ1) is 16.2. The van der Waals surface area contributed by atoms with Gasteiger partial charge in [-0.1, -0.05) is 47.5 Å². The second kappa shape index (κ2) is 6.53. The van der Waals surface area contributed by atoms with E-state index in [1.165, 1.54) is 0 Å². The van der Waals surface area contributed by atoms with Crippen molar-refractivity contribution >= 4 is 26.0 Å². The molecule has 5 heteroatoms. The fourth-order valence-electron chi connectivity index (χ4n) is 1.39. The Labute approximate surface area is 123 Å². The minimum absolute atomic E-state index is 0.286. The SMILES string of the molecule is Cc1ccc(S(=O)(=O)NCC(C)(C)C=C=CBr)cc1. The van der Waals surface area contributed by atoms with E-state index in [0.717, 1.165) is 5.56 Å². The van der Waals surface area contributed by atoms with E-state index < -0.39 is 10.0 Å². The van der Waals surface area contributed by atoms with Crippen molar-refractivity contribution in [3.8, 4) is 0 Å². The Balaban J connectivity index is 2.81. The second-order valence-electron chi connectivity index (χ2n) is 5.05. The predicted octanol–water partition coefficient (Wildman–Crippen LogP) is 3.36. The summed E-state index contributed by atoms with van der Waals surface area (Å²) >= 11 is 3.13. The first-order valence-corrected chi connectivity index (χ1v) is 8.25. The van der Waals surface area contributed by atoms with Crippen LogP contribution in [0.25, 0.3) is 0 Å². The number of nitrogens with one attached hydrogen (secondary N) is 1. The van der Waals surface area contributed by atoms with Crippen LogP contribution in [0.3, 0.4) is 0 Å². The van der Waals surface area contributed by atoms with Gasteiger partial charge < -0.3 is 0 Å². The molecule has 1 rings (SSSR count). The van der Waals surface area contributed by atoms with Gasteiger partial charge in [-0.05, 0) is 25.1 Å². The van der Waals surface area contributed by atoms with Gasteiger partial charge in [-0.3, -0.25) is 0 Å². The Hall–Kier alpha value is -0.870. The summed E-state index contributed by atoms with van der Waals surface area (Å²) in [4.78, 5) is 1.90. The number of benzene rings is 1. The molecule has 1 N–H and O–H groups in total. The summed E-state index contributed by atoms with van der Waals surface area (Å²) in [5.41, 5.74) is 3.63. The molecule has 1 aromatic rings. The van der Waals surface area contributed by atoms with E-state index in [9.17, 15) is 8.42 Å². The molecule has 0 aliphatic carbocycles. The molecule has 0 spiro atoms. The molecule has 0 saturated heterocycles. The van der Waals surface area contributed by atoms with Crippen LogP contribution < -0.4 is 4.72 Å². The lowest BCUT2D eigenvalue weighted by molar-refractivity contribution is 0.466. The van der Waals surface area contributed by atoms with Gasteiger partial charge >= 0.3 is 0 Å². The number of hydrogen-bond acceptors (Lipinski definition) is 2. The molecule has 104 valence electrons. The summed E-state index contributed by atoms with van der Waals surface area (Å²) in [6, 6.07) is 6.79. The van der Waals surface area contributed by atoms with Gasteiger partial charge in [0.2, 0.25) is 10.0 Å². The number of sulfonamides is 1. The average Bonchev–Trinajstić information content (AvgIpc) is 2.35. The molecule has 0 aromatic heterocycles. The fourth-order valence-corrected chi connectivity index (χ4v) is 2.75. The highest BCUT2D eigenvalue weighted by Gasteiger charge is 2.19. The molecule has 0 fully saturated rings. The van der Waals surface area contributed by atoms with Gasteiger partial charge in [0.05, 0.1) is 4.90 Å². The molecule has 0 bridgehead atoms. The molecule has 1 aromatic carbocycles. The van der Waals surface area contributed by atoms with Crippen molar-refractivity contribution in [3.05, 3.63) is 46.6 Å². The van der Waals surface area contributed by atoms with Gasteiger partial charge in [0.1, 0.15) is 0 Å². The third-order valence-electron chi connectivity index (χ3n) is 2.59. The highest BCUT2D eigenvalue weighted by Crippen LogP contribution is 2.17. The summed E-state index contributed by atoms with van der Waals surface area (Å²) in [5.74, 6) is 0. The van der Waals surface area contributed by atoms with E-state index in [0.29, 0.717) is 6.54 Å². The average molecular weight is 344 g/mol. The van der Waals surface area contributed by atoms with E-state index in [1.807, 2.05) is 26.8 Å². The Kier molecular flexibility index (Phi) is 5.56. The predicted molar refractivity (Wildman–Crippen MR) is 81.7 cm³/mol. The maximum atomic E-state index is 12.1. The summed E-state index contributed by atoms with van der Waals surface area (Å²) in [7, 11) is -3.45. The lowest BCUT2D eigenvalue weighted by Crippen LogP contribution is -2.32. The van der Waals surface area contributed by atoms with Crippen LogP contribution in [0, 0.1) is 12.3 Å². The van der Waals surface area contributed by atoms with E-state index in [1.54, 1.807) is 29.3 Å². The lowest BCUT2D eigenvalue weighted by atomic mass is 9.94. The van der Waals surface area contributed by atoms with Gasteiger partial charge in [-0.15, -0.1) is 5.73 Å². The van der Waals surface area contributed by atoms with Crippen molar-refractivity contribution in [2.45, 2.75) is 25.7 Å². The van der Waals surface area contributed by atoms with Crippen LogP contribution in [0.1, 0.15) is 19.4 Å². The molecular formula is C14H18BrNO2S. The summed E-state index contributed by atoms with van der Waals surface area (Å²) in [6.07, 6.45) is 1.82. The molecule has 0 aliphatic rings. The Morgan fingerprint density at radius 2 is 1.89 bits per heavy atom. The van der Waals surface area contributed by atoms with E-state index >= 15 is 0 Å². The minimum Gasteiger partial charge on any atom is -0.210 e. The molecule has 0 radical (unpaired) electrons. The smallest absolute Gasteiger partial charge is 0.210 e. The number of halogens is 1. The molecule has 0 heterocycles. The highest BCUT2D eigenvalue weighted by molar-refractivity contribution is 9.11. The first-order valence-electron chi connectivity index (χ1n) is 5.85. The van der Waals surface area contributed by atoms with Crippen LogP contribution in [0.4, 0.5) is 0 Å². The molecule has 0 atom stereocenters. The number of hydrogen-bond donors (Lipinski definition) is 1. The maximum absolute atomic E-state index is 12.1. The highest BCUT2D eigenvalue weighted by atomic mass is 79.9. The largest absolute Gasteiger partial charge is 0.240 e. The van der Waals surface area contributed by atoms with Crippen molar-refractivity contribution in [1.82, 2.24) is 4.72 Å². The Morgan fingerprint density at radius 3 is 2.42 bits per heavy atom. The summed E-state index contributed by atoms with van der Waals surface area (Å²) in [6.45, 7) is 6.11. The fraction of sp³-hybridized carbons (Fsp3) is 0.357. The van der Waals surface area contributed by atoms with Crippen molar-refractivity contribution in [1.29, 1.82) is 0 Å². The lowest BCUT2D eigenvalue weighted by Gasteiger charge is -2.19. The first-order chi connectivity index (χ1) is 8.77. The van der Waals surface area contributed by atoms with Crippen LogP contribution in [-0.2, 0) is 10.0 Å². The van der Waals surface area contributed by atoms with Crippen molar-refractivity contribution < 1.29 is 8.42 Å². The van der Waals surface area contributed by atoms with Gasteiger partial charge in [0.15, 0.2) is 0 Å². The van der Waals surface area contributed by atoms with E-state index in [2.05, 4.69) is 26.4 Å². The van der Waals surface area contributed by atoms with Gasteiger partial charge in [0.25, 0.3) is 0 Å². The van der Waals surface area contributed by atoms with Crippen molar-refractivity contribution in [2.24, 2.45) is 5.41 Å². The Bertz CT molecular complexity index is 582. The minimum atomic E-state index is -3.45. The molecule has 3 nitrogen and oxygen atoms in total. The van der Waals surface area contributed by atoms with Crippen LogP contribution in [0.5, 0.6) is 0 Å². The zero-order valence-corrected chi connectivity index (χ0v) is 13.7. The van der Waals surface area contributed by atoms with Gasteiger partial charge in [-0.25, -0.2) is 13.1 Å². The van der Waals surface area contributed by atoms with Gasteiger partial charge in [0, 0.05) is 16.9 Å². The topological polar surface area (TPSA) is 46.2 Å². The molecule has 19 heavy (non-hydrogen) atoms. The third kappa shape index (κ3) is 5.33. The molecule has 0 saturated carbocycles. The van der Waals surface area contributed by atoms with E-state index in [-0.39, 0.29) is 10.3 Å². The quantitative estimate of drug-likeness (QED) is 0.833. The van der Waals surface area contributed by atoms with Crippen LogP contribution in [0.15, 0.2) is 46.0 Å². The maximum Gasteiger partial charge on any atom is 0.240 e. The van der Waals surface area contributed by atoms with Crippen molar-refractivity contribution in [2.75, 3.05) is 6.54 Å². The van der Waals surface area contributed by atoms with E-state index in [4.69, 9.17) is 0 Å².